The molecule has 1 atom stereocenters. The molecule has 0 heterocycles. The normalized spacial score (nSPS) is 13.9. The van der Waals surface area contributed by atoms with E-state index < -0.39 is 5.41 Å². The van der Waals surface area contributed by atoms with Gasteiger partial charge in [-0.25, -0.2) is 4.39 Å². The van der Waals surface area contributed by atoms with Crippen molar-refractivity contribution in [3.05, 3.63) is 65.5 Å². The first-order valence-corrected chi connectivity index (χ1v) is 6.44. The number of phenolic OH excluding ortho intramolecular Hbond substituents is 1. The summed E-state index contributed by atoms with van der Waals surface area (Å²) < 4.78 is 13.4. The van der Waals surface area contributed by atoms with Crippen molar-refractivity contribution in [2.24, 2.45) is 5.73 Å². The van der Waals surface area contributed by atoms with Gasteiger partial charge in [-0.15, -0.1) is 0 Å². The Morgan fingerprint density at radius 1 is 1.10 bits per heavy atom. The standard InChI is InChI=1S/C16H18FNO2/c17-14-3-1-2-13(8-14)16(10-18,11-19)9-12-4-6-15(20)7-5-12/h1-8,19-20H,9-11,18H2. The molecule has 0 saturated heterocycles. The average molecular weight is 275 g/mol. The highest BCUT2D eigenvalue weighted by molar-refractivity contribution is 5.33. The first-order valence-electron chi connectivity index (χ1n) is 6.44. The van der Waals surface area contributed by atoms with Crippen molar-refractivity contribution in [2.75, 3.05) is 13.2 Å². The van der Waals surface area contributed by atoms with E-state index in [1.165, 1.54) is 12.1 Å². The van der Waals surface area contributed by atoms with E-state index in [0.717, 1.165) is 5.56 Å². The van der Waals surface area contributed by atoms with Crippen LogP contribution in [0.2, 0.25) is 0 Å². The predicted molar refractivity (Wildman–Crippen MR) is 76.0 cm³/mol. The monoisotopic (exact) mass is 275 g/mol. The Morgan fingerprint density at radius 2 is 1.80 bits per heavy atom. The van der Waals surface area contributed by atoms with E-state index >= 15 is 0 Å². The van der Waals surface area contributed by atoms with Crippen molar-refractivity contribution >= 4 is 0 Å². The maximum atomic E-state index is 13.4. The molecule has 2 rings (SSSR count). The van der Waals surface area contributed by atoms with Gasteiger partial charge >= 0.3 is 0 Å². The Bertz CT molecular complexity index is 565. The molecule has 0 spiro atoms. The Balaban J connectivity index is 2.36. The molecule has 0 aliphatic carbocycles. The predicted octanol–water partition coefficient (Wildman–Crippen LogP) is 1.96. The van der Waals surface area contributed by atoms with Crippen molar-refractivity contribution in [1.82, 2.24) is 0 Å². The number of nitrogens with two attached hydrogens (primary N) is 1. The number of aromatic hydroxyl groups is 1. The molecular weight excluding hydrogens is 257 g/mol. The fourth-order valence-electron chi connectivity index (χ4n) is 2.33. The molecule has 4 heteroatoms. The van der Waals surface area contributed by atoms with Crippen molar-refractivity contribution in [2.45, 2.75) is 11.8 Å². The SMILES string of the molecule is NCC(CO)(Cc1ccc(O)cc1)c1cccc(F)c1. The highest BCUT2D eigenvalue weighted by atomic mass is 19.1. The summed E-state index contributed by atoms with van der Waals surface area (Å²) in [5.74, 6) is -0.165. The van der Waals surface area contributed by atoms with Crippen LogP contribution >= 0.6 is 0 Å². The van der Waals surface area contributed by atoms with Gasteiger partial charge in [0, 0.05) is 12.0 Å². The minimum atomic E-state index is -0.723. The molecule has 0 saturated carbocycles. The van der Waals surface area contributed by atoms with E-state index in [4.69, 9.17) is 5.73 Å². The van der Waals surface area contributed by atoms with Crippen LogP contribution in [-0.2, 0) is 11.8 Å². The summed E-state index contributed by atoms with van der Waals surface area (Å²) in [6, 6.07) is 12.9. The highest BCUT2D eigenvalue weighted by Crippen LogP contribution is 2.28. The minimum absolute atomic E-state index is 0.173. The van der Waals surface area contributed by atoms with Gasteiger partial charge in [-0.1, -0.05) is 24.3 Å². The topological polar surface area (TPSA) is 66.5 Å². The van der Waals surface area contributed by atoms with Crippen molar-refractivity contribution in [1.29, 1.82) is 0 Å². The van der Waals surface area contributed by atoms with Gasteiger partial charge in [0.15, 0.2) is 0 Å². The fraction of sp³-hybridized carbons (Fsp3) is 0.250. The first-order chi connectivity index (χ1) is 9.59. The molecule has 0 bridgehead atoms. The first kappa shape index (κ1) is 14.5. The molecule has 0 amide bonds. The second kappa shape index (κ2) is 6.03. The number of halogens is 1. The maximum absolute atomic E-state index is 13.4. The summed E-state index contributed by atoms with van der Waals surface area (Å²) in [5.41, 5.74) is 6.72. The number of rotatable bonds is 5. The van der Waals surface area contributed by atoms with Crippen LogP contribution in [0, 0.1) is 5.82 Å². The van der Waals surface area contributed by atoms with E-state index in [1.54, 1.807) is 36.4 Å². The van der Waals surface area contributed by atoms with Crippen LogP contribution in [0.25, 0.3) is 0 Å². The van der Waals surface area contributed by atoms with Crippen LogP contribution in [0.5, 0.6) is 5.75 Å². The number of aliphatic hydroxyl groups is 1. The smallest absolute Gasteiger partial charge is 0.123 e. The van der Waals surface area contributed by atoms with E-state index in [0.29, 0.717) is 12.0 Å². The zero-order valence-electron chi connectivity index (χ0n) is 11.1. The lowest BCUT2D eigenvalue weighted by atomic mass is 9.76. The second-order valence-electron chi connectivity index (χ2n) is 5.00. The average Bonchev–Trinajstić information content (AvgIpc) is 2.47. The summed E-state index contributed by atoms with van der Waals surface area (Å²) in [7, 11) is 0. The largest absolute Gasteiger partial charge is 0.508 e. The van der Waals surface area contributed by atoms with Gasteiger partial charge in [0.05, 0.1) is 6.61 Å². The summed E-state index contributed by atoms with van der Waals surface area (Å²) >= 11 is 0. The molecule has 0 fully saturated rings. The van der Waals surface area contributed by atoms with Crippen molar-refractivity contribution in [3.8, 4) is 5.75 Å². The molecule has 20 heavy (non-hydrogen) atoms. The minimum Gasteiger partial charge on any atom is -0.508 e. The molecule has 3 nitrogen and oxygen atoms in total. The van der Waals surface area contributed by atoms with Crippen LogP contribution < -0.4 is 5.73 Å². The van der Waals surface area contributed by atoms with E-state index in [2.05, 4.69) is 0 Å². The van der Waals surface area contributed by atoms with Gasteiger partial charge in [0.2, 0.25) is 0 Å². The number of aliphatic hydroxyl groups excluding tert-OH is 1. The Kier molecular flexibility index (Phi) is 4.37. The third kappa shape index (κ3) is 2.98. The molecule has 0 aliphatic rings. The van der Waals surface area contributed by atoms with Crippen LogP contribution in [0.3, 0.4) is 0 Å². The fourth-order valence-corrected chi connectivity index (χ4v) is 2.33. The lowest BCUT2D eigenvalue weighted by molar-refractivity contribution is 0.195. The van der Waals surface area contributed by atoms with Crippen molar-refractivity contribution in [3.63, 3.8) is 0 Å². The van der Waals surface area contributed by atoms with Gasteiger partial charge in [0.1, 0.15) is 11.6 Å². The van der Waals surface area contributed by atoms with E-state index in [1.807, 2.05) is 0 Å². The van der Waals surface area contributed by atoms with Gasteiger partial charge in [0.25, 0.3) is 0 Å². The zero-order valence-corrected chi connectivity index (χ0v) is 11.1. The van der Waals surface area contributed by atoms with Crippen LogP contribution in [0.4, 0.5) is 4.39 Å². The van der Waals surface area contributed by atoms with E-state index in [9.17, 15) is 14.6 Å². The van der Waals surface area contributed by atoms with Crippen LogP contribution in [-0.4, -0.2) is 23.4 Å². The van der Waals surface area contributed by atoms with Gasteiger partial charge in [-0.05, 0) is 41.8 Å². The molecule has 0 radical (unpaired) electrons. The summed E-state index contributed by atoms with van der Waals surface area (Å²) in [6.45, 7) is 0.0294. The van der Waals surface area contributed by atoms with E-state index in [-0.39, 0.29) is 24.7 Å². The highest BCUT2D eigenvalue weighted by Gasteiger charge is 2.30. The van der Waals surface area contributed by atoms with Crippen molar-refractivity contribution < 1.29 is 14.6 Å². The van der Waals surface area contributed by atoms with Crippen LogP contribution in [0.1, 0.15) is 11.1 Å². The number of benzene rings is 2. The van der Waals surface area contributed by atoms with Crippen LogP contribution in [0.15, 0.2) is 48.5 Å². The Hall–Kier alpha value is -1.91. The Morgan fingerprint density at radius 3 is 2.35 bits per heavy atom. The molecule has 106 valence electrons. The number of hydrogen-bond donors (Lipinski definition) is 3. The third-order valence-corrected chi connectivity index (χ3v) is 3.61. The molecule has 0 aromatic heterocycles. The Labute approximate surface area is 117 Å². The third-order valence-electron chi connectivity index (χ3n) is 3.61. The lowest BCUT2D eigenvalue weighted by Crippen LogP contribution is -2.41. The van der Waals surface area contributed by atoms with Gasteiger partial charge < -0.3 is 15.9 Å². The quantitative estimate of drug-likeness (QED) is 0.781. The summed E-state index contributed by atoms with van der Waals surface area (Å²) in [4.78, 5) is 0. The molecule has 2 aromatic carbocycles. The van der Waals surface area contributed by atoms with Gasteiger partial charge in [-0.2, -0.15) is 0 Å². The molecule has 0 aliphatic heterocycles. The second-order valence-corrected chi connectivity index (χ2v) is 5.00. The zero-order chi connectivity index (χ0) is 14.6. The molecule has 2 aromatic rings. The molecular formula is C16H18FNO2. The number of phenols is 1. The lowest BCUT2D eigenvalue weighted by Gasteiger charge is -2.31. The van der Waals surface area contributed by atoms with Gasteiger partial charge in [-0.3, -0.25) is 0 Å². The maximum Gasteiger partial charge on any atom is 0.123 e. The molecule has 4 N–H and O–H groups in total. The summed E-state index contributed by atoms with van der Waals surface area (Å²) in [5, 5.41) is 19.1. The number of hydrogen-bond acceptors (Lipinski definition) is 3. The molecule has 1 unspecified atom stereocenters. The summed E-state index contributed by atoms with van der Waals surface area (Å²) in [6.07, 6.45) is 0.476.